The van der Waals surface area contributed by atoms with Gasteiger partial charge in [0.2, 0.25) is 0 Å². The maximum atomic E-state index is 5.95. The number of hydrogen-bond donors (Lipinski definition) is 1. The molecule has 7 nitrogen and oxygen atoms in total. The molecule has 8 heteroatoms. The van der Waals surface area contributed by atoms with Gasteiger partial charge in [-0.2, -0.15) is 5.10 Å². The van der Waals surface area contributed by atoms with Gasteiger partial charge in [-0.25, -0.2) is 0 Å². The number of likely N-dealkylation sites (N-methyl/N-ethyl adjacent to an activating group) is 1. The van der Waals surface area contributed by atoms with Crippen LogP contribution < -0.4 is 10.2 Å². The van der Waals surface area contributed by atoms with E-state index < -0.39 is 0 Å². The Bertz CT molecular complexity index is 793. The Hall–Kier alpha value is -1.81. The molecule has 2 aromatic rings. The number of anilines is 1. The van der Waals surface area contributed by atoms with Gasteiger partial charge in [0.15, 0.2) is 5.96 Å². The number of rotatable bonds is 6. The van der Waals surface area contributed by atoms with Crippen molar-refractivity contribution in [3.63, 3.8) is 0 Å². The molecule has 1 fully saturated rings. The molecule has 1 N–H and O–H groups in total. The molecule has 29 heavy (non-hydrogen) atoms. The standard InChI is InChI=1S/C21H32N6O.HI/c1-5-26(19-8-6-7-17(2)13-19)10-9-23-21(22-3)27-11-12-28-20(16-27)18-14-24-25(4)15-18;/h6-8,13-15,20H,5,9-12,16H2,1-4H3,(H,22,23);1H. The summed E-state index contributed by atoms with van der Waals surface area (Å²) in [5.41, 5.74) is 3.66. The Balaban J connectivity index is 0.00000300. The van der Waals surface area contributed by atoms with Crippen molar-refractivity contribution in [3.05, 3.63) is 47.8 Å². The molecule has 3 rings (SSSR count). The molecule has 1 aliphatic heterocycles. The van der Waals surface area contributed by atoms with Crippen LogP contribution in [0.5, 0.6) is 0 Å². The van der Waals surface area contributed by atoms with Crippen molar-refractivity contribution in [1.82, 2.24) is 20.0 Å². The van der Waals surface area contributed by atoms with Gasteiger partial charge in [-0.3, -0.25) is 9.67 Å². The van der Waals surface area contributed by atoms with Crippen LogP contribution in [0.3, 0.4) is 0 Å². The third-order valence-corrected chi connectivity index (χ3v) is 5.09. The molecule has 1 aromatic carbocycles. The third-order valence-electron chi connectivity index (χ3n) is 5.09. The lowest BCUT2D eigenvalue weighted by Crippen LogP contribution is -2.49. The van der Waals surface area contributed by atoms with E-state index in [0.717, 1.165) is 44.2 Å². The van der Waals surface area contributed by atoms with E-state index in [9.17, 15) is 0 Å². The van der Waals surface area contributed by atoms with Crippen LogP contribution in [0.2, 0.25) is 0 Å². The average molecular weight is 512 g/mol. The number of halogens is 1. The van der Waals surface area contributed by atoms with Gasteiger partial charge in [0, 0.05) is 57.7 Å². The van der Waals surface area contributed by atoms with Crippen molar-refractivity contribution in [3.8, 4) is 0 Å². The smallest absolute Gasteiger partial charge is 0.193 e. The summed E-state index contributed by atoms with van der Waals surface area (Å²) in [5.74, 6) is 0.928. The Labute approximate surface area is 191 Å². The summed E-state index contributed by atoms with van der Waals surface area (Å²) in [6.45, 7) is 9.37. The summed E-state index contributed by atoms with van der Waals surface area (Å²) >= 11 is 0. The minimum Gasteiger partial charge on any atom is -0.370 e. The van der Waals surface area contributed by atoms with E-state index in [2.05, 4.69) is 63.3 Å². The van der Waals surface area contributed by atoms with Gasteiger partial charge >= 0.3 is 0 Å². The second kappa shape index (κ2) is 11.4. The first kappa shape index (κ1) is 23.5. The predicted molar refractivity (Wildman–Crippen MR) is 129 cm³/mol. The number of ether oxygens (including phenoxy) is 1. The normalized spacial score (nSPS) is 17.0. The number of morpholine rings is 1. The zero-order chi connectivity index (χ0) is 19.9. The highest BCUT2D eigenvalue weighted by molar-refractivity contribution is 14.0. The second-order valence-electron chi connectivity index (χ2n) is 7.15. The van der Waals surface area contributed by atoms with Gasteiger partial charge in [0.05, 0.1) is 19.3 Å². The molecule has 0 radical (unpaired) electrons. The maximum Gasteiger partial charge on any atom is 0.193 e. The molecule has 1 aromatic heterocycles. The molecule has 160 valence electrons. The van der Waals surface area contributed by atoms with E-state index in [4.69, 9.17) is 4.74 Å². The topological polar surface area (TPSA) is 57.9 Å². The molecule has 2 heterocycles. The van der Waals surface area contributed by atoms with E-state index in [0.29, 0.717) is 6.61 Å². The number of nitrogens with one attached hydrogen (secondary N) is 1. The molecule has 1 atom stereocenters. The lowest BCUT2D eigenvalue weighted by Gasteiger charge is -2.35. The Morgan fingerprint density at radius 2 is 2.24 bits per heavy atom. The van der Waals surface area contributed by atoms with Gasteiger partial charge in [0.1, 0.15) is 6.10 Å². The Morgan fingerprint density at radius 3 is 2.90 bits per heavy atom. The van der Waals surface area contributed by atoms with Crippen molar-refractivity contribution in [2.24, 2.45) is 12.0 Å². The minimum atomic E-state index is 0. The van der Waals surface area contributed by atoms with E-state index >= 15 is 0 Å². The number of nitrogens with zero attached hydrogens (tertiary/aromatic N) is 5. The first-order chi connectivity index (χ1) is 13.6. The van der Waals surface area contributed by atoms with Crippen LogP contribution in [0.1, 0.15) is 24.2 Å². The minimum absolute atomic E-state index is 0. The van der Waals surface area contributed by atoms with E-state index in [1.165, 1.54) is 11.3 Å². The molecule has 1 unspecified atom stereocenters. The van der Waals surface area contributed by atoms with Crippen molar-refractivity contribution in [1.29, 1.82) is 0 Å². The monoisotopic (exact) mass is 512 g/mol. The van der Waals surface area contributed by atoms with Crippen molar-refractivity contribution >= 4 is 35.6 Å². The molecular weight excluding hydrogens is 479 g/mol. The van der Waals surface area contributed by atoms with Crippen molar-refractivity contribution in [2.45, 2.75) is 20.0 Å². The molecule has 0 amide bonds. The number of benzene rings is 1. The van der Waals surface area contributed by atoms with Crippen LogP contribution >= 0.6 is 24.0 Å². The maximum absolute atomic E-state index is 5.95. The molecule has 0 spiro atoms. The van der Waals surface area contributed by atoms with Gasteiger partial charge in [-0.15, -0.1) is 24.0 Å². The van der Waals surface area contributed by atoms with Gasteiger partial charge in [-0.1, -0.05) is 12.1 Å². The fraction of sp³-hybridized carbons (Fsp3) is 0.524. The van der Waals surface area contributed by atoms with Crippen LogP contribution in [0.15, 0.2) is 41.7 Å². The van der Waals surface area contributed by atoms with Crippen LogP contribution in [0.4, 0.5) is 5.69 Å². The van der Waals surface area contributed by atoms with Crippen LogP contribution in [0, 0.1) is 6.92 Å². The quantitative estimate of drug-likeness (QED) is 0.367. The summed E-state index contributed by atoms with van der Waals surface area (Å²) < 4.78 is 7.76. The fourth-order valence-corrected chi connectivity index (χ4v) is 3.58. The number of hydrogen-bond acceptors (Lipinski definition) is 4. The molecule has 1 aliphatic rings. The number of guanidine groups is 1. The average Bonchev–Trinajstić information content (AvgIpc) is 3.15. The zero-order valence-corrected chi connectivity index (χ0v) is 20.2. The molecule has 1 saturated heterocycles. The highest BCUT2D eigenvalue weighted by Gasteiger charge is 2.25. The number of aromatic nitrogens is 2. The zero-order valence-electron chi connectivity index (χ0n) is 17.8. The summed E-state index contributed by atoms with van der Waals surface area (Å²) in [7, 11) is 3.77. The van der Waals surface area contributed by atoms with Gasteiger partial charge < -0.3 is 19.9 Å². The summed E-state index contributed by atoms with van der Waals surface area (Å²) in [6.07, 6.45) is 3.93. The lowest BCUT2D eigenvalue weighted by molar-refractivity contribution is -0.00800. The third kappa shape index (κ3) is 6.33. The van der Waals surface area contributed by atoms with Crippen molar-refractivity contribution in [2.75, 3.05) is 51.3 Å². The predicted octanol–water partition coefficient (Wildman–Crippen LogP) is 2.82. The van der Waals surface area contributed by atoms with E-state index in [1.807, 2.05) is 31.2 Å². The molecule has 0 saturated carbocycles. The van der Waals surface area contributed by atoms with Crippen LogP contribution in [0.25, 0.3) is 0 Å². The van der Waals surface area contributed by atoms with Crippen LogP contribution in [-0.4, -0.2) is 67.0 Å². The molecule has 0 bridgehead atoms. The fourth-order valence-electron chi connectivity index (χ4n) is 3.58. The van der Waals surface area contributed by atoms with Gasteiger partial charge in [0.25, 0.3) is 0 Å². The number of aliphatic imine (C=N–C) groups is 1. The van der Waals surface area contributed by atoms with Gasteiger partial charge in [-0.05, 0) is 31.5 Å². The van der Waals surface area contributed by atoms with E-state index in [1.54, 1.807) is 0 Å². The molecule has 0 aliphatic carbocycles. The largest absolute Gasteiger partial charge is 0.370 e. The highest BCUT2D eigenvalue weighted by atomic mass is 127. The summed E-state index contributed by atoms with van der Waals surface area (Å²) in [6, 6.07) is 8.66. The van der Waals surface area contributed by atoms with Crippen molar-refractivity contribution < 1.29 is 4.74 Å². The number of aryl methyl sites for hydroxylation is 2. The summed E-state index contributed by atoms with van der Waals surface area (Å²) in [5, 5.41) is 7.79. The lowest BCUT2D eigenvalue weighted by atomic mass is 10.1. The Kier molecular flexibility index (Phi) is 9.22. The first-order valence-corrected chi connectivity index (χ1v) is 9.98. The van der Waals surface area contributed by atoms with Crippen LogP contribution in [-0.2, 0) is 11.8 Å². The highest BCUT2D eigenvalue weighted by Crippen LogP contribution is 2.21. The van der Waals surface area contributed by atoms with E-state index in [-0.39, 0.29) is 30.1 Å². The molecular formula is C21H33IN6O. The Morgan fingerprint density at radius 1 is 1.41 bits per heavy atom. The second-order valence-corrected chi connectivity index (χ2v) is 7.15. The first-order valence-electron chi connectivity index (χ1n) is 9.98. The summed E-state index contributed by atoms with van der Waals surface area (Å²) in [4.78, 5) is 9.14. The SMILES string of the molecule is CCN(CCNC(=NC)N1CCOC(c2cnn(C)c2)C1)c1cccc(C)c1.I.